The van der Waals surface area contributed by atoms with Gasteiger partial charge in [-0.1, -0.05) is 50.6 Å². The van der Waals surface area contributed by atoms with Crippen LogP contribution in [-0.2, 0) is 16.1 Å². The molecule has 0 aliphatic carbocycles. The van der Waals surface area contributed by atoms with Crippen molar-refractivity contribution in [1.82, 2.24) is 10.2 Å². The normalized spacial score (nSPS) is 19.4. The Morgan fingerprint density at radius 3 is 2.72 bits per heavy atom. The lowest BCUT2D eigenvalue weighted by Crippen LogP contribution is -2.53. The van der Waals surface area contributed by atoms with Gasteiger partial charge in [-0.3, -0.25) is 4.79 Å². The van der Waals surface area contributed by atoms with Gasteiger partial charge in [0, 0.05) is 6.54 Å². The summed E-state index contributed by atoms with van der Waals surface area (Å²) in [5.74, 6) is -0.183. The van der Waals surface area contributed by atoms with Gasteiger partial charge in [0.2, 0.25) is 5.91 Å². The molecule has 6 nitrogen and oxygen atoms in total. The zero-order valence-corrected chi connectivity index (χ0v) is 15.0. The number of hydrogen-bond donors (Lipinski definition) is 2. The first-order valence-corrected chi connectivity index (χ1v) is 8.94. The molecule has 1 aromatic rings. The van der Waals surface area contributed by atoms with Crippen molar-refractivity contribution in [2.24, 2.45) is 5.92 Å². The molecule has 0 bridgehead atoms. The monoisotopic (exact) mass is 348 g/mol. The average molecular weight is 348 g/mol. The molecular weight excluding hydrogens is 320 g/mol. The molecule has 2 rings (SSSR count). The van der Waals surface area contributed by atoms with E-state index in [1.807, 2.05) is 44.2 Å². The van der Waals surface area contributed by atoms with E-state index in [0.717, 1.165) is 24.8 Å². The number of nitrogens with one attached hydrogen (secondary N) is 1. The molecule has 0 radical (unpaired) electrons. The van der Waals surface area contributed by atoms with Crippen LogP contribution in [0.1, 0.15) is 38.7 Å². The molecule has 1 saturated heterocycles. The maximum absolute atomic E-state index is 12.9. The van der Waals surface area contributed by atoms with E-state index in [4.69, 9.17) is 9.84 Å². The summed E-state index contributed by atoms with van der Waals surface area (Å²) >= 11 is 0. The molecule has 0 saturated carbocycles. The minimum absolute atomic E-state index is 0.0124. The molecule has 6 heteroatoms. The maximum atomic E-state index is 12.9. The molecule has 1 aliphatic heterocycles. The highest BCUT2D eigenvalue weighted by Gasteiger charge is 2.36. The Labute approximate surface area is 149 Å². The smallest absolute Gasteiger partial charge is 0.405 e. The van der Waals surface area contributed by atoms with Crippen LogP contribution in [0.2, 0.25) is 0 Å². The summed E-state index contributed by atoms with van der Waals surface area (Å²) in [5, 5.41) is 11.4. The Bertz CT molecular complexity index is 564. The van der Waals surface area contributed by atoms with Crippen molar-refractivity contribution in [2.75, 3.05) is 13.2 Å². The van der Waals surface area contributed by atoms with E-state index in [1.54, 1.807) is 4.90 Å². The van der Waals surface area contributed by atoms with Gasteiger partial charge in [-0.15, -0.1) is 0 Å². The van der Waals surface area contributed by atoms with Crippen molar-refractivity contribution in [2.45, 2.75) is 51.8 Å². The number of likely N-dealkylation sites (tertiary alicyclic amines) is 1. The number of carbonyl (C=O) groups excluding carboxylic acids is 1. The fourth-order valence-electron chi connectivity index (χ4n) is 3.18. The van der Waals surface area contributed by atoms with Gasteiger partial charge < -0.3 is 20.1 Å². The molecule has 2 amide bonds. The molecule has 3 atom stereocenters. The van der Waals surface area contributed by atoms with Crippen molar-refractivity contribution in [1.29, 1.82) is 0 Å². The third kappa shape index (κ3) is 5.46. The molecule has 1 aliphatic rings. The van der Waals surface area contributed by atoms with Crippen LogP contribution in [0.3, 0.4) is 0 Å². The molecule has 3 unspecified atom stereocenters. The molecule has 1 fully saturated rings. The molecule has 2 N–H and O–H groups in total. The van der Waals surface area contributed by atoms with Crippen LogP contribution in [0.5, 0.6) is 0 Å². The summed E-state index contributed by atoms with van der Waals surface area (Å²) in [4.78, 5) is 25.7. The molecule has 138 valence electrons. The van der Waals surface area contributed by atoms with Crippen LogP contribution >= 0.6 is 0 Å². The summed E-state index contributed by atoms with van der Waals surface area (Å²) < 4.78 is 5.80. The van der Waals surface area contributed by atoms with Crippen LogP contribution < -0.4 is 5.32 Å². The molecular formula is C19H28N2O4. The summed E-state index contributed by atoms with van der Waals surface area (Å²) in [7, 11) is 0. The summed E-state index contributed by atoms with van der Waals surface area (Å²) in [6.45, 7) is 5.50. The quantitative estimate of drug-likeness (QED) is 0.757. The first-order chi connectivity index (χ1) is 12.0. The predicted octanol–water partition coefficient (Wildman–Crippen LogP) is 2.88. The molecule has 0 aromatic heterocycles. The van der Waals surface area contributed by atoms with E-state index in [0.29, 0.717) is 19.8 Å². The number of nitrogens with zero attached hydrogens (tertiary/aromatic N) is 1. The molecule has 1 heterocycles. The zero-order valence-electron chi connectivity index (χ0n) is 15.0. The van der Waals surface area contributed by atoms with Gasteiger partial charge in [-0.25, -0.2) is 4.79 Å². The first kappa shape index (κ1) is 19.2. The van der Waals surface area contributed by atoms with Crippen LogP contribution in [0.4, 0.5) is 4.79 Å². The third-order valence-electron chi connectivity index (χ3n) is 4.84. The average Bonchev–Trinajstić information content (AvgIpc) is 3.07. The molecule has 0 spiro atoms. The van der Waals surface area contributed by atoms with Crippen molar-refractivity contribution in [3.8, 4) is 0 Å². The number of ether oxygens (including phenoxy) is 1. The van der Waals surface area contributed by atoms with E-state index in [2.05, 4.69) is 5.32 Å². The minimum atomic E-state index is -1.16. The van der Waals surface area contributed by atoms with E-state index >= 15 is 0 Å². The lowest BCUT2D eigenvalue weighted by atomic mass is 9.97. The number of benzene rings is 1. The van der Waals surface area contributed by atoms with E-state index in [-0.39, 0.29) is 17.9 Å². The number of rotatable bonds is 8. The van der Waals surface area contributed by atoms with Gasteiger partial charge in [-0.05, 0) is 24.3 Å². The minimum Gasteiger partial charge on any atom is -0.465 e. The number of carboxylic acid groups (broad SMARTS) is 1. The Hall–Kier alpha value is -2.08. The van der Waals surface area contributed by atoms with Gasteiger partial charge in [0.15, 0.2) is 0 Å². The number of carbonyl (C=O) groups is 2. The first-order valence-electron chi connectivity index (χ1n) is 8.94. The van der Waals surface area contributed by atoms with Crippen molar-refractivity contribution in [3.05, 3.63) is 35.9 Å². The highest BCUT2D eigenvalue weighted by molar-refractivity contribution is 5.86. The lowest BCUT2D eigenvalue weighted by molar-refractivity contribution is -0.136. The van der Waals surface area contributed by atoms with Crippen LogP contribution in [0, 0.1) is 5.92 Å². The summed E-state index contributed by atoms with van der Waals surface area (Å²) in [6.07, 6.45) is 1.39. The van der Waals surface area contributed by atoms with Gasteiger partial charge in [0.1, 0.15) is 6.04 Å². The fourth-order valence-corrected chi connectivity index (χ4v) is 3.18. The highest BCUT2D eigenvalue weighted by atomic mass is 16.5. The van der Waals surface area contributed by atoms with E-state index < -0.39 is 12.1 Å². The van der Waals surface area contributed by atoms with Crippen molar-refractivity contribution >= 4 is 12.0 Å². The Morgan fingerprint density at radius 1 is 1.36 bits per heavy atom. The highest BCUT2D eigenvalue weighted by Crippen LogP contribution is 2.21. The maximum Gasteiger partial charge on any atom is 0.405 e. The Morgan fingerprint density at radius 2 is 2.08 bits per heavy atom. The SMILES string of the molecule is CCC(C)C(NC(=O)O)C(=O)N1CCCC1COCc1ccccc1. The molecule has 1 aromatic carbocycles. The summed E-state index contributed by atoms with van der Waals surface area (Å²) in [5.41, 5.74) is 1.10. The van der Waals surface area contributed by atoms with Crippen LogP contribution in [0.15, 0.2) is 30.3 Å². The van der Waals surface area contributed by atoms with Gasteiger partial charge in [-0.2, -0.15) is 0 Å². The predicted molar refractivity (Wildman–Crippen MR) is 95.2 cm³/mol. The summed E-state index contributed by atoms with van der Waals surface area (Å²) in [6, 6.07) is 9.23. The van der Waals surface area contributed by atoms with Crippen LogP contribution in [0.25, 0.3) is 0 Å². The molecule has 25 heavy (non-hydrogen) atoms. The topological polar surface area (TPSA) is 78.9 Å². The second kappa shape index (κ2) is 9.42. The second-order valence-corrected chi connectivity index (χ2v) is 6.64. The Kier molecular flexibility index (Phi) is 7.25. The largest absolute Gasteiger partial charge is 0.465 e. The van der Waals surface area contributed by atoms with E-state index in [1.165, 1.54) is 0 Å². The fraction of sp³-hybridized carbons (Fsp3) is 0.579. The third-order valence-corrected chi connectivity index (χ3v) is 4.84. The van der Waals surface area contributed by atoms with Gasteiger partial charge in [0.05, 0.1) is 19.3 Å². The van der Waals surface area contributed by atoms with Gasteiger partial charge >= 0.3 is 6.09 Å². The second-order valence-electron chi connectivity index (χ2n) is 6.64. The Balaban J connectivity index is 1.93. The van der Waals surface area contributed by atoms with Crippen molar-refractivity contribution < 1.29 is 19.4 Å². The van der Waals surface area contributed by atoms with Gasteiger partial charge in [0.25, 0.3) is 0 Å². The van der Waals surface area contributed by atoms with Crippen LogP contribution in [-0.4, -0.2) is 47.2 Å². The lowest BCUT2D eigenvalue weighted by Gasteiger charge is -2.31. The number of hydrogen-bond acceptors (Lipinski definition) is 3. The van der Waals surface area contributed by atoms with Crippen molar-refractivity contribution in [3.63, 3.8) is 0 Å². The van der Waals surface area contributed by atoms with E-state index in [9.17, 15) is 9.59 Å². The standard InChI is InChI=1S/C19H28N2O4/c1-3-14(2)17(20-19(23)24)18(22)21-11-7-10-16(21)13-25-12-15-8-5-4-6-9-15/h4-6,8-9,14,16-17,20H,3,7,10-13H2,1-2H3,(H,23,24). The number of amides is 2. The zero-order chi connectivity index (χ0) is 18.2.